The fourth-order valence-electron chi connectivity index (χ4n) is 1.30. The third-order valence-electron chi connectivity index (χ3n) is 2.27. The Morgan fingerprint density at radius 2 is 1.85 bits per heavy atom. The maximum absolute atomic E-state index is 12.4. The van der Waals surface area contributed by atoms with Crippen LogP contribution < -0.4 is 10.5 Å². The molecule has 1 aromatic carbocycles. The molecule has 0 saturated heterocycles. The van der Waals surface area contributed by atoms with E-state index in [1.54, 1.807) is 0 Å². The molecule has 0 saturated carbocycles. The number of rotatable bonds is 3. The fourth-order valence-corrected chi connectivity index (χ4v) is 1.91. The topological polar surface area (TPSA) is 92.5 Å². The van der Waals surface area contributed by atoms with Crippen LogP contribution in [0.5, 0.6) is 0 Å². The van der Waals surface area contributed by atoms with Crippen molar-refractivity contribution in [2.24, 2.45) is 0 Å². The number of carbonyl (C=O) groups is 1. The molecule has 1 rings (SSSR count). The van der Waals surface area contributed by atoms with Crippen LogP contribution in [0, 0.1) is 0 Å². The van der Waals surface area contributed by atoms with Crippen molar-refractivity contribution in [3.05, 3.63) is 23.8 Å². The SMILES string of the molecule is CN(C)C(=O)c1cccc(N)c1NS(=O)(=O)C(F)(F)F. The van der Waals surface area contributed by atoms with E-state index >= 15 is 0 Å². The van der Waals surface area contributed by atoms with E-state index in [4.69, 9.17) is 5.73 Å². The molecule has 3 N–H and O–H groups in total. The van der Waals surface area contributed by atoms with E-state index < -0.39 is 27.1 Å². The van der Waals surface area contributed by atoms with Crippen LogP contribution in [0.15, 0.2) is 18.2 Å². The Morgan fingerprint density at radius 1 is 1.30 bits per heavy atom. The van der Waals surface area contributed by atoms with Crippen LogP contribution in [-0.4, -0.2) is 38.8 Å². The molecule has 0 aliphatic rings. The summed E-state index contributed by atoms with van der Waals surface area (Å²) in [7, 11) is -2.92. The number of hydrogen-bond acceptors (Lipinski definition) is 4. The number of sulfonamides is 1. The lowest BCUT2D eigenvalue weighted by Crippen LogP contribution is -2.32. The van der Waals surface area contributed by atoms with Crippen molar-refractivity contribution >= 4 is 27.3 Å². The number of nitrogens with one attached hydrogen (secondary N) is 1. The van der Waals surface area contributed by atoms with Crippen LogP contribution in [0.25, 0.3) is 0 Å². The molecule has 6 nitrogen and oxygen atoms in total. The van der Waals surface area contributed by atoms with Gasteiger partial charge in [0.05, 0.1) is 16.9 Å². The van der Waals surface area contributed by atoms with Crippen LogP contribution in [-0.2, 0) is 10.0 Å². The number of alkyl halides is 3. The summed E-state index contributed by atoms with van der Waals surface area (Å²) in [6.07, 6.45) is 0. The van der Waals surface area contributed by atoms with Crippen LogP contribution >= 0.6 is 0 Å². The van der Waals surface area contributed by atoms with E-state index in [1.807, 2.05) is 0 Å². The van der Waals surface area contributed by atoms with Gasteiger partial charge in [-0.2, -0.15) is 21.6 Å². The minimum Gasteiger partial charge on any atom is -0.397 e. The second-order valence-corrected chi connectivity index (χ2v) is 5.69. The van der Waals surface area contributed by atoms with Crippen molar-refractivity contribution < 1.29 is 26.4 Å². The summed E-state index contributed by atoms with van der Waals surface area (Å²) >= 11 is 0. The third-order valence-corrected chi connectivity index (χ3v) is 3.36. The number of carbonyl (C=O) groups excluding carboxylic acids is 1. The van der Waals surface area contributed by atoms with Gasteiger partial charge in [0, 0.05) is 14.1 Å². The average Bonchev–Trinajstić information content (AvgIpc) is 2.29. The van der Waals surface area contributed by atoms with E-state index in [-0.39, 0.29) is 11.3 Å². The molecule has 0 fully saturated rings. The second-order valence-electron chi connectivity index (χ2n) is 4.02. The highest BCUT2D eigenvalue weighted by Crippen LogP contribution is 2.30. The van der Waals surface area contributed by atoms with Crippen molar-refractivity contribution in [1.82, 2.24) is 4.90 Å². The van der Waals surface area contributed by atoms with Crippen LogP contribution in [0.2, 0.25) is 0 Å². The highest BCUT2D eigenvalue weighted by Gasteiger charge is 2.46. The van der Waals surface area contributed by atoms with Gasteiger partial charge in [-0.1, -0.05) is 6.07 Å². The Hall–Kier alpha value is -1.97. The second kappa shape index (κ2) is 5.19. The molecule has 0 atom stereocenters. The molecule has 1 amide bonds. The number of nitrogens with two attached hydrogens (primary N) is 1. The molecule has 0 aliphatic heterocycles. The van der Waals surface area contributed by atoms with Gasteiger partial charge >= 0.3 is 15.5 Å². The zero-order valence-electron chi connectivity index (χ0n) is 10.5. The summed E-state index contributed by atoms with van der Waals surface area (Å²) in [4.78, 5) is 12.9. The quantitative estimate of drug-likeness (QED) is 0.821. The lowest BCUT2D eigenvalue weighted by Gasteiger charge is -2.17. The van der Waals surface area contributed by atoms with Crippen molar-refractivity contribution in [3.8, 4) is 0 Å². The number of nitrogen functional groups attached to an aromatic ring is 1. The predicted octanol–water partition coefficient (Wildman–Crippen LogP) is 1.23. The first kappa shape index (κ1) is 16.1. The van der Waals surface area contributed by atoms with Gasteiger partial charge in [0.2, 0.25) is 0 Å². The Kier molecular flexibility index (Phi) is 4.18. The van der Waals surface area contributed by atoms with E-state index in [0.717, 1.165) is 4.90 Å². The summed E-state index contributed by atoms with van der Waals surface area (Å²) in [6.45, 7) is 0. The van der Waals surface area contributed by atoms with E-state index in [1.165, 1.54) is 37.0 Å². The zero-order valence-corrected chi connectivity index (χ0v) is 11.3. The van der Waals surface area contributed by atoms with Crippen LogP contribution in [0.4, 0.5) is 24.5 Å². The lowest BCUT2D eigenvalue weighted by atomic mass is 10.1. The monoisotopic (exact) mass is 311 g/mol. The fraction of sp³-hybridized carbons (Fsp3) is 0.300. The first-order valence-electron chi connectivity index (χ1n) is 5.16. The number of nitrogens with zero attached hydrogens (tertiary/aromatic N) is 1. The molecular weight excluding hydrogens is 299 g/mol. The summed E-state index contributed by atoms with van der Waals surface area (Å²) in [5.41, 5.74) is -1.22. The Balaban J connectivity index is 3.36. The molecule has 10 heteroatoms. The highest BCUT2D eigenvalue weighted by molar-refractivity contribution is 7.93. The van der Waals surface area contributed by atoms with E-state index in [9.17, 15) is 26.4 Å². The Labute approximate surface area is 113 Å². The molecule has 20 heavy (non-hydrogen) atoms. The number of hydrogen-bond donors (Lipinski definition) is 2. The molecule has 0 aliphatic carbocycles. The standard InChI is InChI=1S/C10H12F3N3O3S/c1-16(2)9(17)6-4-3-5-7(14)8(6)15-20(18,19)10(11,12)13/h3-5,15H,14H2,1-2H3. The molecule has 1 aromatic rings. The maximum atomic E-state index is 12.4. The summed E-state index contributed by atoms with van der Waals surface area (Å²) in [6, 6.07) is 3.69. The highest BCUT2D eigenvalue weighted by atomic mass is 32.2. The molecule has 112 valence electrons. The van der Waals surface area contributed by atoms with Crippen molar-refractivity contribution in [2.45, 2.75) is 5.51 Å². The molecule has 0 bridgehead atoms. The minimum absolute atomic E-state index is 0.275. The van der Waals surface area contributed by atoms with Crippen LogP contribution in [0.1, 0.15) is 10.4 Å². The molecule has 0 spiro atoms. The Bertz CT molecular complexity index is 626. The van der Waals surface area contributed by atoms with Gasteiger partial charge < -0.3 is 10.6 Å². The normalized spacial score (nSPS) is 12.1. The maximum Gasteiger partial charge on any atom is 0.516 e. The molecular formula is C10H12F3N3O3S. The lowest BCUT2D eigenvalue weighted by molar-refractivity contribution is -0.0429. The third kappa shape index (κ3) is 3.13. The van der Waals surface area contributed by atoms with Crippen molar-refractivity contribution in [1.29, 1.82) is 0 Å². The number of anilines is 2. The van der Waals surface area contributed by atoms with Gasteiger partial charge in [-0.3, -0.25) is 9.52 Å². The summed E-state index contributed by atoms with van der Waals surface area (Å²) in [5, 5.41) is 0. The molecule has 0 heterocycles. The van der Waals surface area contributed by atoms with Gasteiger partial charge in [-0.05, 0) is 12.1 Å². The molecule has 0 radical (unpaired) electrons. The number of para-hydroxylation sites is 1. The first-order chi connectivity index (χ1) is 8.97. The first-order valence-corrected chi connectivity index (χ1v) is 6.65. The smallest absolute Gasteiger partial charge is 0.397 e. The summed E-state index contributed by atoms with van der Waals surface area (Å²) < 4.78 is 60.6. The molecule has 0 unspecified atom stereocenters. The number of amides is 1. The minimum atomic E-state index is -5.66. The van der Waals surface area contributed by atoms with Gasteiger partial charge in [0.1, 0.15) is 0 Å². The van der Waals surface area contributed by atoms with Crippen LogP contribution in [0.3, 0.4) is 0 Å². The Morgan fingerprint density at radius 3 is 2.30 bits per heavy atom. The van der Waals surface area contributed by atoms with Crippen molar-refractivity contribution in [3.63, 3.8) is 0 Å². The van der Waals surface area contributed by atoms with E-state index in [0.29, 0.717) is 0 Å². The van der Waals surface area contributed by atoms with Gasteiger partial charge in [0.15, 0.2) is 0 Å². The number of halogens is 3. The largest absolute Gasteiger partial charge is 0.516 e. The summed E-state index contributed by atoms with van der Waals surface area (Å²) in [5.74, 6) is -0.683. The molecule has 0 aromatic heterocycles. The predicted molar refractivity (Wildman–Crippen MR) is 67.5 cm³/mol. The van der Waals surface area contributed by atoms with Gasteiger partial charge in [-0.25, -0.2) is 0 Å². The van der Waals surface area contributed by atoms with Gasteiger partial charge in [-0.15, -0.1) is 0 Å². The number of benzene rings is 1. The van der Waals surface area contributed by atoms with Crippen molar-refractivity contribution in [2.75, 3.05) is 24.6 Å². The van der Waals surface area contributed by atoms with E-state index in [2.05, 4.69) is 0 Å². The zero-order chi connectivity index (χ0) is 15.7. The average molecular weight is 311 g/mol. The van der Waals surface area contributed by atoms with Gasteiger partial charge in [0.25, 0.3) is 5.91 Å².